The lowest BCUT2D eigenvalue weighted by atomic mass is 9.75. The third-order valence-corrected chi connectivity index (χ3v) is 23.1. The van der Waals surface area contributed by atoms with Gasteiger partial charge in [0.2, 0.25) is 40.8 Å². The number of nitrogens with two attached hydrogens (primary N) is 1. The number of ether oxygens (including phenoxy) is 1. The molecule has 20 nitrogen and oxygen atoms in total. The van der Waals surface area contributed by atoms with Crippen LogP contribution in [0.2, 0.25) is 0 Å². The van der Waals surface area contributed by atoms with Crippen molar-refractivity contribution < 1.29 is 154 Å². The van der Waals surface area contributed by atoms with Gasteiger partial charge in [-0.05, 0) is 233 Å². The molecular formula is C82H72BBr9F24IN7O13. The van der Waals surface area contributed by atoms with Crippen LogP contribution in [0.15, 0.2) is 167 Å². The molecule has 0 atom stereocenters. The number of nitrogen functional groups attached to an aromatic ring is 1. The van der Waals surface area contributed by atoms with Gasteiger partial charge in [-0.3, -0.25) is 45.3 Å². The van der Waals surface area contributed by atoms with Gasteiger partial charge in [-0.2, -0.15) is 26.3 Å². The van der Waals surface area contributed by atoms with Crippen molar-refractivity contribution in [2.45, 2.75) is 99.4 Å². The molecule has 0 aromatic heterocycles. The van der Waals surface area contributed by atoms with Crippen LogP contribution < -0.4 is 11.1 Å². The maximum absolute atomic E-state index is 13.4. The van der Waals surface area contributed by atoms with Crippen LogP contribution in [-0.4, -0.2) is 73.6 Å². The molecule has 3 N–H and O–H groups in total. The van der Waals surface area contributed by atoms with Crippen molar-refractivity contribution in [3.05, 3.63) is 358 Å². The van der Waals surface area contributed by atoms with E-state index in [4.69, 9.17) is 19.8 Å². The van der Waals surface area contributed by atoms with Crippen LogP contribution in [0.25, 0.3) is 0 Å². The summed E-state index contributed by atoms with van der Waals surface area (Å²) in [5.41, 5.74) is 1.13. The van der Waals surface area contributed by atoms with Gasteiger partial charge in [0.15, 0.2) is 23.3 Å². The van der Waals surface area contributed by atoms with E-state index in [1.165, 1.54) is 24.3 Å². The SMILES string of the molecule is CC(C)(C)OC(=O)N1CC=C(B2OC(C)(C)C(C)(C)O2)CC1.CC(C)C(=O)Nc1c(F)cc(F)c(Br)c1F.Cc1cc(F)c([N+](=O)[O-])cc1Br.Cc1cc(F)ccc1Br.Fc1cc(F)c(Br)c(F)c1.Fc1cc(F)cc(F)c1.Fc1ccc(Br)c(F)c1.I.Nc1c(F)cc(F)c(Br)c1F.O=[N+]([O-])c1c(F)cc(F)c(Br)c1F.O=[N+]([O-])c1c(F)cc(F)c(Br)c1F.O=[N+]([O-])c1cc(Br)c(F)cc1F.[HH].[HH].[HH].[HH]. The quantitative estimate of drug-likeness (QED) is 0.0219. The first kappa shape index (κ1) is 126. The molecule has 12 rings (SSSR count). The molecule has 0 saturated carbocycles. The molecule has 2 heterocycles. The number of aryl methyl sites for hydroxylation is 2. The first-order chi connectivity index (χ1) is 62.4. The van der Waals surface area contributed by atoms with E-state index in [1.54, 1.807) is 31.7 Å². The Labute approximate surface area is 860 Å². The first-order valence-electron chi connectivity index (χ1n) is 36.4. The largest absolute Gasteiger partial charge is 0.490 e. The summed E-state index contributed by atoms with van der Waals surface area (Å²) in [5.74, 6) is -25.8. The maximum atomic E-state index is 13.4. The molecule has 0 bridgehead atoms. The molecule has 2 amide bonds. The minimum absolute atomic E-state index is 0. The van der Waals surface area contributed by atoms with Crippen molar-refractivity contribution in [3.63, 3.8) is 0 Å². The molecule has 137 heavy (non-hydrogen) atoms. The van der Waals surface area contributed by atoms with Crippen LogP contribution in [0.4, 0.5) is 144 Å². The summed E-state index contributed by atoms with van der Waals surface area (Å²) < 4.78 is 316. The van der Waals surface area contributed by atoms with Gasteiger partial charge in [-0.25, -0.2) is 83.8 Å². The van der Waals surface area contributed by atoms with Crippen LogP contribution >= 0.6 is 167 Å². The lowest BCUT2D eigenvalue weighted by Crippen LogP contribution is -2.41. The van der Waals surface area contributed by atoms with Crippen LogP contribution in [0.5, 0.6) is 0 Å². The van der Waals surface area contributed by atoms with Crippen LogP contribution in [0.1, 0.15) is 85.6 Å². The molecule has 2 aliphatic heterocycles. The summed E-state index contributed by atoms with van der Waals surface area (Å²) in [6, 6.07) is 16.0. The highest BCUT2D eigenvalue weighted by Gasteiger charge is 2.52. The number of hydrogen-bond acceptors (Lipinski definition) is 14. The van der Waals surface area contributed by atoms with E-state index >= 15 is 0 Å². The first-order valence-corrected chi connectivity index (χ1v) is 43.6. The maximum Gasteiger partial charge on any atom is 0.490 e. The zero-order chi connectivity index (χ0) is 105. The highest BCUT2D eigenvalue weighted by atomic mass is 127. The molecule has 1 saturated heterocycles. The van der Waals surface area contributed by atoms with Gasteiger partial charge in [0.25, 0.3) is 0 Å². The number of rotatable bonds is 7. The summed E-state index contributed by atoms with van der Waals surface area (Å²) >= 11 is 24.5. The number of nitrogens with one attached hydrogen (secondary N) is 1. The van der Waals surface area contributed by atoms with E-state index in [0.717, 1.165) is 46.2 Å². The van der Waals surface area contributed by atoms with E-state index < -0.39 is 223 Å². The third-order valence-electron chi connectivity index (χ3n) is 16.4. The zero-order valence-electron chi connectivity index (χ0n) is 70.8. The summed E-state index contributed by atoms with van der Waals surface area (Å²) in [5, 5.41) is 42.6. The van der Waals surface area contributed by atoms with Gasteiger partial charge in [-0.15, -0.1) is 24.0 Å². The Balaban J connectivity index is -0.000000737. The predicted octanol–water partition coefficient (Wildman–Crippen LogP) is 32.3. The second kappa shape index (κ2) is 56.8. The van der Waals surface area contributed by atoms with E-state index in [1.807, 2.05) is 61.5 Å². The molecule has 0 radical (unpaired) electrons. The number of hydrogen-bond donors (Lipinski definition) is 2. The van der Waals surface area contributed by atoms with Gasteiger partial charge in [0.05, 0.1) is 62.2 Å². The molecule has 1 fully saturated rings. The average molecular weight is 2680 g/mol. The van der Waals surface area contributed by atoms with Crippen LogP contribution in [0, 0.1) is 200 Å². The van der Waals surface area contributed by atoms with Crippen LogP contribution in [0.3, 0.4) is 0 Å². The van der Waals surface area contributed by atoms with E-state index in [9.17, 15) is 155 Å². The second-order valence-corrected chi connectivity index (χ2v) is 36.0. The summed E-state index contributed by atoms with van der Waals surface area (Å²) in [6.45, 7) is 21.6. The van der Waals surface area contributed by atoms with E-state index in [0.29, 0.717) is 71.7 Å². The minimum Gasteiger partial charge on any atom is -0.444 e. The number of benzene rings is 10. The highest BCUT2D eigenvalue weighted by molar-refractivity contribution is 14.0. The fourth-order valence-corrected chi connectivity index (χ4v) is 11.5. The molecular weight excluding hydrogens is 2600 g/mol. The number of nitro benzene ring substituents is 4. The molecule has 754 valence electrons. The number of carbonyl (C=O) groups is 2. The lowest BCUT2D eigenvalue weighted by molar-refractivity contribution is -0.390. The Hall–Kier alpha value is -8.57. The summed E-state index contributed by atoms with van der Waals surface area (Å²) in [7, 11) is -0.314. The lowest BCUT2D eigenvalue weighted by Gasteiger charge is -2.32. The fourth-order valence-electron chi connectivity index (χ4n) is 8.91. The Morgan fingerprint density at radius 1 is 0.431 bits per heavy atom. The van der Waals surface area contributed by atoms with Gasteiger partial charge in [-0.1, -0.05) is 51.8 Å². The number of anilines is 2. The summed E-state index contributed by atoms with van der Waals surface area (Å²) in [4.78, 5) is 61.4. The van der Waals surface area contributed by atoms with Crippen molar-refractivity contribution in [2.24, 2.45) is 5.92 Å². The number of amides is 2. The third kappa shape index (κ3) is 40.2. The van der Waals surface area contributed by atoms with Crippen LogP contribution in [-0.2, 0) is 18.8 Å². The number of halogens is 34. The monoisotopic (exact) mass is 2670 g/mol. The molecule has 0 aliphatic carbocycles. The number of nitrogens with zero attached hydrogens (tertiary/aromatic N) is 5. The Morgan fingerprint density at radius 2 is 0.774 bits per heavy atom. The molecule has 2 aliphatic rings. The smallest absolute Gasteiger partial charge is 0.444 e. The van der Waals surface area contributed by atoms with Gasteiger partial charge < -0.3 is 30.0 Å². The highest BCUT2D eigenvalue weighted by Crippen LogP contribution is 2.41. The zero-order valence-corrected chi connectivity index (χ0v) is 87.4. The fraction of sp³-hybridized carbons (Fsp3) is 0.220. The normalized spacial score (nSPS) is 12.3. The van der Waals surface area contributed by atoms with Gasteiger partial charge in [0.1, 0.15) is 98.4 Å². The number of nitro groups is 4. The average Bonchev–Trinajstić information content (AvgIpc) is 1.62. The van der Waals surface area contributed by atoms with Crippen molar-refractivity contribution >= 4 is 221 Å². The Morgan fingerprint density at radius 3 is 1.15 bits per heavy atom. The summed E-state index contributed by atoms with van der Waals surface area (Å²) in [6.07, 6.45) is 2.50. The topological polar surface area (TPSA) is 276 Å². The molecule has 55 heteroatoms. The van der Waals surface area contributed by atoms with Crippen molar-refractivity contribution in [2.75, 3.05) is 24.1 Å². The molecule has 0 spiro atoms. The minimum atomic E-state index is -1.55. The van der Waals surface area contributed by atoms with Crippen molar-refractivity contribution in [3.8, 4) is 0 Å². The predicted molar refractivity (Wildman–Crippen MR) is 507 cm³/mol. The van der Waals surface area contributed by atoms with Gasteiger partial charge >= 0.3 is 36.0 Å². The second-order valence-electron chi connectivity index (χ2n) is 28.6. The van der Waals surface area contributed by atoms with Gasteiger partial charge in [0, 0.05) is 113 Å². The Bertz CT molecular complexity index is 5800. The Kier molecular flexibility index (Phi) is 52.4. The van der Waals surface area contributed by atoms with Crippen molar-refractivity contribution in [1.29, 1.82) is 0 Å². The molecule has 0 unspecified atom stereocenters. The molecule has 10 aromatic rings. The van der Waals surface area contributed by atoms with E-state index in [-0.39, 0.29) is 85.5 Å². The van der Waals surface area contributed by atoms with E-state index in [2.05, 4.69) is 149 Å². The van der Waals surface area contributed by atoms with Crippen molar-refractivity contribution in [1.82, 2.24) is 4.90 Å². The molecule has 10 aromatic carbocycles. The standard InChI is InChI=1S/C16H28BNO4.C10H9BrF3NO.C7H5BrFNO2.C7H6BrF.2C6HBrF3NO2.C6H3BrF3N.C6H2BrF3.C6H2BrF2NO2.C6H3BrF2.C6H3F3.HI.4H2/c1-14(2,3)20-13(19)18-10-8-12(9-11-18)17-21-15(4,5)16(6,7)22-17;1-4(2)10(16)15-9-6(13)3-5(12)7(11)8(9)14;1-4-2-6(9)7(10(11)12)3-5(4)8;1-5-4-6(9)2-3-7(5)8;2*7-4-2(8)1-3(9)6(5(4)10)11(12)13;7-4-2(8)1-3(9)6(11)5(4)10;7-6-4(9)1-3(8)2-5(6)10;7-3-1-6(10(11)12)5(9)2-4(3)8;7-5-2-1-4(8)3-6(5)9;7-4-1-5(8)3-6(9)2-4;;;;;/h8H,9-11H2,1-7H3;3-4H,1-2H3,(H,15,16);2-3H,1H3;2-4H,1H3;2*1H;1H,11H2;1-2H;1-2H;2*1-3H;5*1H. The number of carbonyl (C=O) groups excluding carboxylic acids is 2.